The Kier molecular flexibility index (Phi) is 9.40. The summed E-state index contributed by atoms with van der Waals surface area (Å²) >= 11 is 1.43. The van der Waals surface area contributed by atoms with Gasteiger partial charge in [-0.05, 0) is 62.0 Å². The number of carbonyl (C=O) groups is 4. The third-order valence-electron chi connectivity index (χ3n) is 10.5. The van der Waals surface area contributed by atoms with Gasteiger partial charge in [-0.2, -0.15) is 10.1 Å². The summed E-state index contributed by atoms with van der Waals surface area (Å²) in [6.07, 6.45) is 13.7. The minimum atomic E-state index is -1.41. The number of ether oxygens (including phenoxy) is 1. The van der Waals surface area contributed by atoms with E-state index in [2.05, 4.69) is 15.7 Å². The van der Waals surface area contributed by atoms with Crippen molar-refractivity contribution in [2.45, 2.75) is 101 Å². The number of carbonyl (C=O) groups excluding carboxylic acids is 3. The third-order valence-corrected chi connectivity index (χ3v) is 11.4. The summed E-state index contributed by atoms with van der Waals surface area (Å²) in [5.41, 5.74) is -0.00618. The van der Waals surface area contributed by atoms with Crippen molar-refractivity contribution in [3.63, 3.8) is 0 Å². The molecule has 7 rings (SSSR count). The summed E-state index contributed by atoms with van der Waals surface area (Å²) in [5, 5.41) is 22.2. The first-order chi connectivity index (χ1) is 23.7. The summed E-state index contributed by atoms with van der Waals surface area (Å²) in [7, 11) is 1.80. The Hall–Kier alpha value is -4.33. The average Bonchev–Trinajstić information content (AvgIpc) is 3.67. The maximum atomic E-state index is 14.4. The maximum absolute atomic E-state index is 14.4. The molecule has 0 radical (unpaired) electrons. The van der Waals surface area contributed by atoms with Crippen molar-refractivity contribution in [2.24, 2.45) is 18.9 Å². The van der Waals surface area contributed by atoms with Crippen molar-refractivity contribution in [3.05, 3.63) is 35.9 Å². The molecule has 1 saturated heterocycles. The molecule has 2 aliphatic heterocycles. The van der Waals surface area contributed by atoms with E-state index >= 15 is 0 Å². The van der Waals surface area contributed by atoms with E-state index in [0.29, 0.717) is 48.1 Å². The summed E-state index contributed by atoms with van der Waals surface area (Å²) < 4.78 is 8.93. The van der Waals surface area contributed by atoms with Crippen LogP contribution in [0.3, 0.4) is 0 Å². The second-order valence-electron chi connectivity index (χ2n) is 13.9. The predicted molar refractivity (Wildman–Crippen MR) is 181 cm³/mol. The van der Waals surface area contributed by atoms with Crippen LogP contribution >= 0.6 is 11.3 Å². The molecule has 3 amide bonds. The molecule has 4 aliphatic rings. The number of nitrogens with one attached hydrogen (secondary N) is 2. The number of nitrogens with zero attached hydrogens (tertiary/aromatic N) is 5. The molecule has 2 aliphatic carbocycles. The first kappa shape index (κ1) is 33.2. The fourth-order valence-corrected chi connectivity index (χ4v) is 8.42. The molecule has 3 N–H and O–H groups in total. The molecular formula is C35H43N7O6S. The number of hydrogen-bond acceptors (Lipinski definition) is 9. The van der Waals surface area contributed by atoms with Crippen LogP contribution in [-0.4, -0.2) is 83.7 Å². The number of fused-ring (bicyclic) bond motifs is 3. The lowest BCUT2D eigenvalue weighted by molar-refractivity contribution is -0.146. The molecule has 3 aromatic rings. The Morgan fingerprint density at radius 1 is 1.12 bits per heavy atom. The highest BCUT2D eigenvalue weighted by Gasteiger charge is 2.61. The van der Waals surface area contributed by atoms with Crippen molar-refractivity contribution in [1.29, 1.82) is 0 Å². The number of thiophene rings is 1. The fourth-order valence-electron chi connectivity index (χ4n) is 7.66. The van der Waals surface area contributed by atoms with Crippen molar-refractivity contribution in [2.75, 3.05) is 6.54 Å². The van der Waals surface area contributed by atoms with E-state index in [1.807, 2.05) is 29.7 Å². The van der Waals surface area contributed by atoms with E-state index in [1.165, 1.54) is 16.2 Å². The minimum Gasteiger partial charge on any atom is -0.479 e. The van der Waals surface area contributed by atoms with Gasteiger partial charge in [0, 0.05) is 32.0 Å². The third kappa shape index (κ3) is 6.92. The Morgan fingerprint density at radius 3 is 2.71 bits per heavy atom. The maximum Gasteiger partial charge on any atom is 0.330 e. The van der Waals surface area contributed by atoms with E-state index in [1.54, 1.807) is 17.9 Å². The molecule has 0 spiro atoms. The number of hydrogen-bond donors (Lipinski definition) is 3. The van der Waals surface area contributed by atoms with Gasteiger partial charge < -0.3 is 25.4 Å². The second-order valence-corrected chi connectivity index (χ2v) is 14.8. The quantitative estimate of drug-likeness (QED) is 0.311. The zero-order valence-corrected chi connectivity index (χ0v) is 28.5. The Bertz CT molecular complexity index is 1770. The van der Waals surface area contributed by atoms with Gasteiger partial charge in [0.2, 0.25) is 23.6 Å². The zero-order valence-electron chi connectivity index (χ0n) is 27.7. The smallest absolute Gasteiger partial charge is 0.330 e. The first-order valence-corrected chi connectivity index (χ1v) is 18.3. The van der Waals surface area contributed by atoms with E-state index in [0.717, 1.165) is 56.1 Å². The highest BCUT2D eigenvalue weighted by molar-refractivity contribution is 7.17. The van der Waals surface area contributed by atoms with Gasteiger partial charge in [-0.1, -0.05) is 37.8 Å². The summed E-state index contributed by atoms with van der Waals surface area (Å²) in [5.74, 6) is -1.35. The molecule has 2 saturated carbocycles. The van der Waals surface area contributed by atoms with Gasteiger partial charge >= 0.3 is 5.97 Å². The molecule has 0 aromatic carbocycles. The number of carboxylic acids is 1. The van der Waals surface area contributed by atoms with Gasteiger partial charge in [0.1, 0.15) is 34.1 Å². The van der Waals surface area contributed by atoms with Gasteiger partial charge in [-0.15, -0.1) is 11.3 Å². The number of amides is 3. The van der Waals surface area contributed by atoms with Crippen LogP contribution < -0.4 is 15.4 Å². The normalized spacial score (nSPS) is 28.6. The van der Waals surface area contributed by atoms with Crippen LogP contribution in [0.2, 0.25) is 0 Å². The molecule has 49 heavy (non-hydrogen) atoms. The molecule has 3 aromatic heterocycles. The minimum absolute atomic E-state index is 0.0766. The Morgan fingerprint density at radius 2 is 1.94 bits per heavy atom. The molecule has 13 nitrogen and oxygen atoms in total. The van der Waals surface area contributed by atoms with Crippen molar-refractivity contribution >= 4 is 45.2 Å². The molecule has 260 valence electrons. The van der Waals surface area contributed by atoms with Crippen molar-refractivity contribution in [3.8, 4) is 17.4 Å². The zero-order chi connectivity index (χ0) is 34.1. The molecule has 5 heterocycles. The first-order valence-electron chi connectivity index (χ1n) is 17.4. The summed E-state index contributed by atoms with van der Waals surface area (Å²) in [6.45, 7) is 0.0766. The predicted octanol–water partition coefficient (Wildman–Crippen LogP) is 3.99. The van der Waals surface area contributed by atoms with E-state index in [-0.39, 0.29) is 30.7 Å². The standard InChI is InChI=1S/C35H43N7O6S/c1-41-26(13-15-36-41)30-38-24-14-16-49-29(24)32(39-30)48-23-18-27-31(44)40-35(34(46)47)19-22(35)11-5-3-2-4-6-12-25(33(45)42(27)20-23)37-28(43)17-21-9-7-8-10-21/h5,11,13-16,21-23,25,27H,2-4,6-10,12,17-20H2,1H3,(H,37,43)(H,40,44)(H,46,47)/b11-5-/t22-,23-,25+,27+,35-/m1/s1. The molecule has 3 fully saturated rings. The van der Waals surface area contributed by atoms with Gasteiger partial charge in [0.15, 0.2) is 5.82 Å². The largest absolute Gasteiger partial charge is 0.479 e. The second kappa shape index (κ2) is 13.9. The van der Waals surface area contributed by atoms with Crippen LogP contribution in [0.15, 0.2) is 35.9 Å². The van der Waals surface area contributed by atoms with Crippen LogP contribution in [0.25, 0.3) is 21.7 Å². The van der Waals surface area contributed by atoms with Crippen LogP contribution in [-0.2, 0) is 26.2 Å². The SMILES string of the molecule is Cn1nccc1-c1nc(O[C@@H]2C[C@H]3C(=O)N[C@]4(C(=O)O)C[C@H]4/C=C\CCCCC[C@H](NC(=O)CC4CCCC4)C(=O)N3C2)c2sccc2n1. The number of carboxylic acid groups (broad SMARTS) is 1. The number of allylic oxidation sites excluding steroid dienone is 1. The van der Waals surface area contributed by atoms with Crippen molar-refractivity contribution < 1.29 is 29.0 Å². The van der Waals surface area contributed by atoms with Crippen LogP contribution in [0, 0.1) is 11.8 Å². The fraction of sp³-hybridized carbons (Fsp3) is 0.571. The molecular weight excluding hydrogens is 646 g/mol. The molecule has 5 atom stereocenters. The highest BCUT2D eigenvalue weighted by Crippen LogP contribution is 2.45. The number of aliphatic carboxylic acids is 1. The lowest BCUT2D eigenvalue weighted by atomic mass is 10.0. The molecule has 0 unspecified atom stereocenters. The lowest BCUT2D eigenvalue weighted by Gasteiger charge is -2.29. The monoisotopic (exact) mass is 689 g/mol. The van der Waals surface area contributed by atoms with Gasteiger partial charge in [0.05, 0.1) is 12.1 Å². The summed E-state index contributed by atoms with van der Waals surface area (Å²) in [4.78, 5) is 65.1. The number of rotatable bonds is 7. The Labute approximate surface area is 288 Å². The van der Waals surface area contributed by atoms with Crippen LogP contribution in [0.4, 0.5) is 0 Å². The molecule has 0 bridgehead atoms. The Balaban J connectivity index is 1.18. The summed E-state index contributed by atoms with van der Waals surface area (Å²) in [6, 6.07) is 1.90. The lowest BCUT2D eigenvalue weighted by Crippen LogP contribution is -2.56. The van der Waals surface area contributed by atoms with Crippen molar-refractivity contribution in [1.82, 2.24) is 35.3 Å². The highest BCUT2D eigenvalue weighted by atomic mass is 32.1. The van der Waals surface area contributed by atoms with Gasteiger partial charge in [-0.3, -0.25) is 19.1 Å². The van der Waals surface area contributed by atoms with Crippen LogP contribution in [0.1, 0.15) is 77.0 Å². The number of aromatic nitrogens is 4. The van der Waals surface area contributed by atoms with Gasteiger partial charge in [-0.25, -0.2) is 9.78 Å². The van der Waals surface area contributed by atoms with E-state index in [9.17, 15) is 24.3 Å². The number of aryl methyl sites for hydroxylation is 1. The van der Waals surface area contributed by atoms with E-state index < -0.39 is 35.6 Å². The van der Waals surface area contributed by atoms with Crippen LogP contribution in [0.5, 0.6) is 5.88 Å². The molecule has 14 heteroatoms. The van der Waals surface area contributed by atoms with Gasteiger partial charge in [0.25, 0.3) is 0 Å². The topological polar surface area (TPSA) is 169 Å². The average molecular weight is 690 g/mol. The van der Waals surface area contributed by atoms with E-state index in [4.69, 9.17) is 14.7 Å².